The topological polar surface area (TPSA) is 100 Å². The van der Waals surface area contributed by atoms with Crippen LogP contribution in [0.5, 0.6) is 11.5 Å². The summed E-state index contributed by atoms with van der Waals surface area (Å²) in [4.78, 5) is 13.3. The molecule has 4 rings (SSSR count). The molecule has 0 bridgehead atoms. The van der Waals surface area contributed by atoms with E-state index in [0.29, 0.717) is 23.6 Å². The van der Waals surface area contributed by atoms with E-state index in [2.05, 4.69) is 25.9 Å². The van der Waals surface area contributed by atoms with Crippen LogP contribution in [-0.2, 0) is 11.2 Å². The second-order valence-electron chi connectivity index (χ2n) is 6.69. The average molecular weight is 402 g/mol. The van der Waals surface area contributed by atoms with Crippen molar-refractivity contribution in [2.45, 2.75) is 12.3 Å². The smallest absolute Gasteiger partial charge is 0.232 e. The number of anilines is 1. The summed E-state index contributed by atoms with van der Waals surface area (Å²) in [5, 5.41) is 20.0. The largest absolute Gasteiger partial charge is 0.497 e. The highest BCUT2D eigenvalue weighted by Crippen LogP contribution is 2.30. The molecule has 0 saturated heterocycles. The summed E-state index contributed by atoms with van der Waals surface area (Å²) in [6.45, 7) is 0. The number of carbonyl (C=O) groups excluding carboxylic acids is 1. The third-order valence-electron chi connectivity index (χ3n) is 4.92. The molecule has 0 aliphatic carbocycles. The Labute approximate surface area is 173 Å². The molecule has 8 nitrogen and oxygen atoms in total. The maximum Gasteiger partial charge on any atom is 0.232 e. The van der Waals surface area contributed by atoms with Crippen LogP contribution in [0.3, 0.4) is 0 Å². The average Bonchev–Trinajstić information content (AvgIpc) is 3.32. The molecule has 0 fully saturated rings. The molecule has 30 heavy (non-hydrogen) atoms. The van der Waals surface area contributed by atoms with E-state index in [0.717, 1.165) is 16.3 Å². The molecular formula is C22H20N5O3-. The van der Waals surface area contributed by atoms with Crippen molar-refractivity contribution in [3.05, 3.63) is 72.1 Å². The standard InChI is InChI=1S/C22H21N5O3/c1-29-16-10-11-20(30-2)15(12-16)13-18(21-24-26-27-25-21)22(28)23-19-9-5-7-14-6-3-4-8-17(14)19/h3-12,18H,13H2,1-2H3,(H2,23,24,25,26,27,28)/p-1/t18-/m1/s1. The van der Waals surface area contributed by atoms with Gasteiger partial charge in [0.25, 0.3) is 0 Å². The number of methoxy groups -OCH3 is 2. The predicted molar refractivity (Wildman–Crippen MR) is 112 cm³/mol. The van der Waals surface area contributed by atoms with Gasteiger partial charge >= 0.3 is 0 Å². The van der Waals surface area contributed by atoms with Crippen LogP contribution in [0.15, 0.2) is 60.7 Å². The third kappa shape index (κ3) is 3.93. The minimum absolute atomic E-state index is 0.248. The number of fused-ring (bicyclic) bond motifs is 1. The number of nitrogens with zero attached hydrogens (tertiary/aromatic N) is 4. The van der Waals surface area contributed by atoms with Crippen molar-refractivity contribution in [1.29, 1.82) is 0 Å². The van der Waals surface area contributed by atoms with E-state index < -0.39 is 5.92 Å². The SMILES string of the molecule is COc1ccc(OC)c(C[C@@H](C(=O)Nc2cccc3ccccc23)c2nnn[n-]2)c1. The Bertz CT molecular complexity index is 1160. The predicted octanol–water partition coefficient (Wildman–Crippen LogP) is 2.96. The fourth-order valence-corrected chi connectivity index (χ4v) is 3.41. The van der Waals surface area contributed by atoms with Crippen LogP contribution in [0.25, 0.3) is 10.8 Å². The van der Waals surface area contributed by atoms with Gasteiger partial charge in [-0.05, 0) is 41.6 Å². The maximum atomic E-state index is 13.3. The van der Waals surface area contributed by atoms with Gasteiger partial charge in [-0.3, -0.25) is 15.1 Å². The van der Waals surface area contributed by atoms with E-state index in [4.69, 9.17) is 9.47 Å². The normalized spacial score (nSPS) is 11.8. The molecular weight excluding hydrogens is 382 g/mol. The van der Waals surface area contributed by atoms with Gasteiger partial charge in [0.15, 0.2) is 0 Å². The molecule has 0 saturated carbocycles. The third-order valence-corrected chi connectivity index (χ3v) is 4.92. The highest BCUT2D eigenvalue weighted by molar-refractivity contribution is 6.04. The highest BCUT2D eigenvalue weighted by atomic mass is 16.5. The van der Waals surface area contributed by atoms with E-state index in [9.17, 15) is 4.79 Å². The lowest BCUT2D eigenvalue weighted by molar-refractivity contribution is -0.117. The first-order valence-electron chi connectivity index (χ1n) is 9.37. The molecule has 0 radical (unpaired) electrons. The summed E-state index contributed by atoms with van der Waals surface area (Å²) in [7, 11) is 3.17. The monoisotopic (exact) mass is 402 g/mol. The van der Waals surface area contributed by atoms with E-state index in [1.54, 1.807) is 26.4 Å². The van der Waals surface area contributed by atoms with Crippen molar-refractivity contribution in [3.63, 3.8) is 0 Å². The molecule has 3 aromatic carbocycles. The van der Waals surface area contributed by atoms with E-state index >= 15 is 0 Å². The van der Waals surface area contributed by atoms with Crippen molar-refractivity contribution in [2.75, 3.05) is 19.5 Å². The number of tetrazole rings is 1. The van der Waals surface area contributed by atoms with Gasteiger partial charge in [-0.2, -0.15) is 5.21 Å². The fourth-order valence-electron chi connectivity index (χ4n) is 3.41. The molecule has 0 unspecified atom stereocenters. The van der Waals surface area contributed by atoms with Gasteiger partial charge in [-0.25, -0.2) is 0 Å². The first-order valence-corrected chi connectivity index (χ1v) is 9.37. The van der Waals surface area contributed by atoms with Gasteiger partial charge in [-0.15, -0.1) is 0 Å². The summed E-state index contributed by atoms with van der Waals surface area (Å²) in [5.74, 6) is 0.591. The van der Waals surface area contributed by atoms with Gasteiger partial charge in [0.05, 0.1) is 20.1 Å². The zero-order valence-electron chi connectivity index (χ0n) is 16.6. The van der Waals surface area contributed by atoms with Crippen molar-refractivity contribution >= 4 is 22.4 Å². The van der Waals surface area contributed by atoms with E-state index in [1.807, 2.05) is 48.5 Å². The first kappa shape index (κ1) is 19.4. The number of rotatable bonds is 7. The Morgan fingerprint density at radius 2 is 1.90 bits per heavy atom. The fraction of sp³-hybridized carbons (Fsp3) is 0.182. The molecule has 1 aromatic heterocycles. The Balaban J connectivity index is 1.67. The molecule has 152 valence electrons. The van der Waals surface area contributed by atoms with Crippen LogP contribution in [0.2, 0.25) is 0 Å². The molecule has 8 heteroatoms. The molecule has 0 aliphatic rings. The quantitative estimate of drug-likeness (QED) is 0.507. The zero-order chi connectivity index (χ0) is 20.9. The number of benzene rings is 3. The minimum atomic E-state index is -0.708. The number of aromatic nitrogens is 4. The van der Waals surface area contributed by atoms with Crippen LogP contribution in [0.4, 0.5) is 5.69 Å². The van der Waals surface area contributed by atoms with Crippen LogP contribution in [0.1, 0.15) is 17.3 Å². The van der Waals surface area contributed by atoms with Crippen LogP contribution >= 0.6 is 0 Å². The van der Waals surface area contributed by atoms with Crippen molar-refractivity contribution in [3.8, 4) is 11.5 Å². The van der Waals surface area contributed by atoms with Crippen LogP contribution < -0.4 is 19.9 Å². The van der Waals surface area contributed by atoms with Gasteiger partial charge in [-0.1, -0.05) is 36.4 Å². The second-order valence-corrected chi connectivity index (χ2v) is 6.69. The molecule has 0 aliphatic heterocycles. The second kappa shape index (κ2) is 8.60. The van der Waals surface area contributed by atoms with Gasteiger partial charge in [0.1, 0.15) is 11.5 Å². The number of amides is 1. The lowest BCUT2D eigenvalue weighted by Crippen LogP contribution is -2.25. The van der Waals surface area contributed by atoms with Crippen LogP contribution in [-0.4, -0.2) is 35.7 Å². The molecule has 1 heterocycles. The Morgan fingerprint density at radius 3 is 2.67 bits per heavy atom. The number of nitrogens with one attached hydrogen (secondary N) is 1. The Kier molecular flexibility index (Phi) is 5.56. The summed E-state index contributed by atoms with van der Waals surface area (Å²) in [5.41, 5.74) is 1.51. The summed E-state index contributed by atoms with van der Waals surface area (Å²) in [6, 6.07) is 19.1. The lowest BCUT2D eigenvalue weighted by atomic mass is 9.96. The van der Waals surface area contributed by atoms with E-state index in [-0.39, 0.29) is 11.7 Å². The molecule has 1 atom stereocenters. The number of hydrogen-bond donors (Lipinski definition) is 1. The number of ether oxygens (including phenoxy) is 2. The van der Waals surface area contributed by atoms with Gasteiger partial charge in [0.2, 0.25) is 5.91 Å². The molecule has 1 N–H and O–H groups in total. The molecule has 4 aromatic rings. The molecule has 1 amide bonds. The Morgan fingerprint density at radius 1 is 1.07 bits per heavy atom. The van der Waals surface area contributed by atoms with Gasteiger partial charge in [0, 0.05) is 16.9 Å². The highest BCUT2D eigenvalue weighted by Gasteiger charge is 2.23. The number of hydrogen-bond acceptors (Lipinski definition) is 6. The van der Waals surface area contributed by atoms with Crippen LogP contribution in [0, 0.1) is 0 Å². The van der Waals surface area contributed by atoms with E-state index in [1.165, 1.54) is 0 Å². The Hall–Kier alpha value is -3.94. The van der Waals surface area contributed by atoms with Gasteiger partial charge < -0.3 is 19.9 Å². The maximum absolute atomic E-state index is 13.3. The molecule has 0 spiro atoms. The van der Waals surface area contributed by atoms with Crippen molar-refractivity contribution < 1.29 is 14.3 Å². The minimum Gasteiger partial charge on any atom is -0.497 e. The summed E-state index contributed by atoms with van der Waals surface area (Å²) in [6.07, 6.45) is 0.296. The number of carbonyl (C=O) groups is 1. The summed E-state index contributed by atoms with van der Waals surface area (Å²) < 4.78 is 10.8. The summed E-state index contributed by atoms with van der Waals surface area (Å²) >= 11 is 0. The zero-order valence-corrected chi connectivity index (χ0v) is 16.6. The van der Waals surface area contributed by atoms with Crippen molar-refractivity contribution in [1.82, 2.24) is 20.6 Å². The first-order chi connectivity index (χ1) is 14.7. The van der Waals surface area contributed by atoms with Crippen molar-refractivity contribution in [2.24, 2.45) is 0 Å². The lowest BCUT2D eigenvalue weighted by Gasteiger charge is -2.19.